The van der Waals surface area contributed by atoms with Gasteiger partial charge in [-0.1, -0.05) is 11.6 Å². The molecule has 0 aromatic heterocycles. The minimum atomic E-state index is -3.90. The van der Waals surface area contributed by atoms with Crippen molar-refractivity contribution in [1.29, 1.82) is 0 Å². The van der Waals surface area contributed by atoms with Crippen LogP contribution in [0, 0.1) is 0 Å². The van der Waals surface area contributed by atoms with Crippen molar-refractivity contribution in [3.8, 4) is 0 Å². The van der Waals surface area contributed by atoms with Crippen molar-refractivity contribution in [2.24, 2.45) is 0 Å². The van der Waals surface area contributed by atoms with Gasteiger partial charge >= 0.3 is 0 Å². The highest BCUT2D eigenvalue weighted by atomic mass is 35.7. The summed E-state index contributed by atoms with van der Waals surface area (Å²) < 4.78 is 27.4. The zero-order chi connectivity index (χ0) is 14.5. The van der Waals surface area contributed by atoms with Gasteiger partial charge in [0.05, 0.1) is 22.1 Å². The van der Waals surface area contributed by atoms with Crippen molar-refractivity contribution in [1.82, 2.24) is 5.32 Å². The first-order chi connectivity index (χ1) is 8.86. The van der Waals surface area contributed by atoms with E-state index in [0.717, 1.165) is 6.07 Å². The molecule has 0 unspecified atom stereocenters. The number of carbonyl (C=O) groups excluding carboxylic acids is 1. The summed E-state index contributed by atoms with van der Waals surface area (Å²) in [6, 6.07) is 3.69. The van der Waals surface area contributed by atoms with Crippen LogP contribution in [0.4, 0.5) is 0 Å². The summed E-state index contributed by atoms with van der Waals surface area (Å²) in [5.41, 5.74) is 0.0555. The van der Waals surface area contributed by atoms with E-state index in [0.29, 0.717) is 19.8 Å². The van der Waals surface area contributed by atoms with Crippen LogP contribution in [0.3, 0.4) is 0 Å². The average molecular weight is 326 g/mol. The Hall–Kier alpha value is -0.820. The van der Waals surface area contributed by atoms with Gasteiger partial charge in [-0.15, -0.1) is 0 Å². The summed E-state index contributed by atoms with van der Waals surface area (Å²) >= 11 is 5.85. The largest absolute Gasteiger partial charge is 0.380 e. The molecule has 19 heavy (non-hydrogen) atoms. The standard InChI is InChI=1S/C11H13Cl2NO4S/c1-2-18-6-5-14-11(15)9-7-8(19(13,16)17)3-4-10(9)12/h3-4,7H,2,5-6H2,1H3,(H,14,15). The first kappa shape index (κ1) is 16.2. The molecular weight excluding hydrogens is 313 g/mol. The number of ether oxygens (including phenoxy) is 1. The van der Waals surface area contributed by atoms with E-state index in [-0.39, 0.29) is 15.5 Å². The van der Waals surface area contributed by atoms with E-state index in [1.807, 2.05) is 6.92 Å². The third-order valence-electron chi connectivity index (χ3n) is 2.20. The molecule has 0 atom stereocenters. The maximum atomic E-state index is 11.8. The highest BCUT2D eigenvalue weighted by Gasteiger charge is 2.16. The SMILES string of the molecule is CCOCCNC(=O)c1cc(S(=O)(=O)Cl)ccc1Cl. The van der Waals surface area contributed by atoms with Crippen LogP contribution in [-0.4, -0.2) is 34.1 Å². The summed E-state index contributed by atoms with van der Waals surface area (Å²) in [7, 11) is 1.31. The Bertz CT molecular complexity index is 560. The number of halogens is 2. The average Bonchev–Trinajstić information content (AvgIpc) is 2.33. The van der Waals surface area contributed by atoms with E-state index in [2.05, 4.69) is 5.32 Å². The molecule has 0 fully saturated rings. The number of rotatable bonds is 6. The van der Waals surface area contributed by atoms with E-state index in [4.69, 9.17) is 27.0 Å². The fraction of sp³-hybridized carbons (Fsp3) is 0.364. The van der Waals surface area contributed by atoms with Gasteiger partial charge in [-0.2, -0.15) is 0 Å². The summed E-state index contributed by atoms with van der Waals surface area (Å²) in [4.78, 5) is 11.6. The zero-order valence-electron chi connectivity index (χ0n) is 10.2. The summed E-state index contributed by atoms with van der Waals surface area (Å²) in [5.74, 6) is -0.480. The summed E-state index contributed by atoms with van der Waals surface area (Å²) in [6.45, 7) is 3.07. The lowest BCUT2D eigenvalue weighted by Crippen LogP contribution is -2.27. The van der Waals surface area contributed by atoms with Crippen molar-refractivity contribution in [3.05, 3.63) is 28.8 Å². The van der Waals surface area contributed by atoms with Crippen LogP contribution in [0.25, 0.3) is 0 Å². The molecule has 0 aliphatic heterocycles. The van der Waals surface area contributed by atoms with Crippen molar-refractivity contribution < 1.29 is 17.9 Å². The van der Waals surface area contributed by atoms with Crippen LogP contribution in [0.15, 0.2) is 23.1 Å². The molecule has 8 heteroatoms. The van der Waals surface area contributed by atoms with Gasteiger partial charge in [0.2, 0.25) is 0 Å². The van der Waals surface area contributed by atoms with Gasteiger partial charge in [0, 0.05) is 23.8 Å². The number of nitrogens with one attached hydrogen (secondary N) is 1. The Morgan fingerprint density at radius 2 is 2.11 bits per heavy atom. The predicted molar refractivity (Wildman–Crippen MR) is 73.3 cm³/mol. The molecule has 0 radical (unpaired) electrons. The fourth-order valence-corrected chi connectivity index (χ4v) is 2.29. The second-order valence-corrected chi connectivity index (χ2v) is 6.51. The molecule has 1 aromatic carbocycles. The second kappa shape index (κ2) is 7.09. The van der Waals surface area contributed by atoms with E-state index in [9.17, 15) is 13.2 Å². The van der Waals surface area contributed by atoms with Crippen molar-refractivity contribution in [2.75, 3.05) is 19.8 Å². The first-order valence-electron chi connectivity index (χ1n) is 5.46. The Kier molecular flexibility index (Phi) is 6.06. The number of hydrogen-bond acceptors (Lipinski definition) is 4. The van der Waals surface area contributed by atoms with E-state index < -0.39 is 15.0 Å². The molecule has 106 valence electrons. The lowest BCUT2D eigenvalue weighted by atomic mass is 10.2. The Balaban J connectivity index is 2.84. The number of amides is 1. The van der Waals surface area contributed by atoms with Crippen molar-refractivity contribution >= 4 is 37.2 Å². The molecule has 0 aliphatic rings. The molecule has 0 aliphatic carbocycles. The van der Waals surface area contributed by atoms with Crippen LogP contribution in [0.1, 0.15) is 17.3 Å². The van der Waals surface area contributed by atoms with Crippen molar-refractivity contribution in [3.63, 3.8) is 0 Å². The molecule has 0 spiro atoms. The smallest absolute Gasteiger partial charge is 0.261 e. The molecule has 0 bridgehead atoms. The molecule has 1 rings (SSSR count). The lowest BCUT2D eigenvalue weighted by molar-refractivity contribution is 0.0922. The van der Waals surface area contributed by atoms with E-state index >= 15 is 0 Å². The Labute approximate surface area is 121 Å². The molecule has 0 saturated carbocycles. The summed E-state index contributed by atoms with van der Waals surface area (Å²) in [5, 5.41) is 2.72. The molecule has 1 amide bonds. The molecular formula is C11H13Cl2NO4S. The third kappa shape index (κ3) is 4.99. The molecule has 0 saturated heterocycles. The predicted octanol–water partition coefficient (Wildman–Crippen LogP) is 2.03. The topological polar surface area (TPSA) is 72.5 Å². The summed E-state index contributed by atoms with van der Waals surface area (Å²) in [6.07, 6.45) is 0. The van der Waals surface area contributed by atoms with Crippen molar-refractivity contribution in [2.45, 2.75) is 11.8 Å². The van der Waals surface area contributed by atoms with E-state index in [1.165, 1.54) is 12.1 Å². The van der Waals surface area contributed by atoms with Gasteiger partial charge in [0.25, 0.3) is 15.0 Å². The van der Waals surface area contributed by atoms with Crippen LogP contribution in [0.2, 0.25) is 5.02 Å². The van der Waals surface area contributed by atoms with Gasteiger partial charge < -0.3 is 10.1 Å². The molecule has 1 N–H and O–H groups in total. The quantitative estimate of drug-likeness (QED) is 0.641. The number of hydrogen-bond donors (Lipinski definition) is 1. The van der Waals surface area contributed by atoms with Gasteiger partial charge in [0.1, 0.15) is 0 Å². The number of carbonyl (C=O) groups is 1. The van der Waals surface area contributed by atoms with Gasteiger partial charge in [-0.25, -0.2) is 8.42 Å². The maximum Gasteiger partial charge on any atom is 0.261 e. The lowest BCUT2D eigenvalue weighted by Gasteiger charge is -2.07. The third-order valence-corrected chi connectivity index (χ3v) is 3.88. The minimum absolute atomic E-state index is 0.0555. The van der Waals surface area contributed by atoms with Gasteiger partial charge in [-0.05, 0) is 25.1 Å². The fourth-order valence-electron chi connectivity index (χ4n) is 1.31. The molecule has 1 aromatic rings. The van der Waals surface area contributed by atoms with Crippen LogP contribution >= 0.6 is 22.3 Å². The van der Waals surface area contributed by atoms with Gasteiger partial charge in [0.15, 0.2) is 0 Å². The zero-order valence-corrected chi connectivity index (χ0v) is 12.5. The normalized spacial score (nSPS) is 11.3. The highest BCUT2D eigenvalue weighted by Crippen LogP contribution is 2.22. The monoisotopic (exact) mass is 325 g/mol. The second-order valence-electron chi connectivity index (χ2n) is 3.53. The van der Waals surface area contributed by atoms with Gasteiger partial charge in [-0.3, -0.25) is 4.79 Å². The highest BCUT2D eigenvalue weighted by molar-refractivity contribution is 8.13. The molecule has 5 nitrogen and oxygen atoms in total. The van der Waals surface area contributed by atoms with Crippen LogP contribution < -0.4 is 5.32 Å². The minimum Gasteiger partial charge on any atom is -0.380 e. The Morgan fingerprint density at radius 3 is 2.68 bits per heavy atom. The van der Waals surface area contributed by atoms with Crippen LogP contribution in [-0.2, 0) is 13.8 Å². The first-order valence-corrected chi connectivity index (χ1v) is 8.15. The van der Waals surface area contributed by atoms with Crippen LogP contribution in [0.5, 0.6) is 0 Å². The van der Waals surface area contributed by atoms with E-state index in [1.54, 1.807) is 0 Å². The maximum absolute atomic E-state index is 11.8. The molecule has 0 heterocycles. The Morgan fingerprint density at radius 1 is 1.42 bits per heavy atom. The number of benzene rings is 1.